The summed E-state index contributed by atoms with van der Waals surface area (Å²) in [6.07, 6.45) is 5.74. The maximum Gasteiger partial charge on any atom is 0.123 e. The van der Waals surface area contributed by atoms with Gasteiger partial charge in [0.05, 0.1) is 11.4 Å². The Morgan fingerprint density at radius 2 is 1.73 bits per heavy atom. The zero-order chi connectivity index (χ0) is 17.8. The Kier molecular flexibility index (Phi) is 5.02. The van der Waals surface area contributed by atoms with Crippen LogP contribution in [0.4, 0.5) is 4.39 Å². The monoisotopic (exact) mass is 347 g/mol. The summed E-state index contributed by atoms with van der Waals surface area (Å²) in [6, 6.07) is 17.1. The number of aromatic nitrogens is 2. The molecule has 3 aromatic rings. The van der Waals surface area contributed by atoms with Gasteiger partial charge in [0.2, 0.25) is 0 Å². The molecule has 1 saturated heterocycles. The quantitative estimate of drug-likeness (QED) is 0.687. The Morgan fingerprint density at radius 1 is 0.962 bits per heavy atom. The predicted molar refractivity (Wildman–Crippen MR) is 101 cm³/mol. The molecule has 2 aromatic carbocycles. The van der Waals surface area contributed by atoms with Gasteiger partial charge in [-0.15, -0.1) is 0 Å². The van der Waals surface area contributed by atoms with E-state index in [0.717, 1.165) is 49.4 Å². The second-order valence-corrected chi connectivity index (χ2v) is 6.86. The lowest BCUT2D eigenvalue weighted by Gasteiger charge is -2.33. The average molecular weight is 347 g/mol. The molecule has 0 aliphatic carbocycles. The first-order chi connectivity index (χ1) is 12.8. The molecule has 3 nitrogen and oxygen atoms in total. The Bertz CT molecular complexity index is 849. The van der Waals surface area contributed by atoms with Crippen molar-refractivity contribution in [2.24, 2.45) is 0 Å². The van der Waals surface area contributed by atoms with Crippen molar-refractivity contribution in [1.29, 1.82) is 0 Å². The molecule has 1 aliphatic heterocycles. The Hall–Kier alpha value is -2.59. The van der Waals surface area contributed by atoms with Gasteiger partial charge in [-0.05, 0) is 49.2 Å². The standard InChI is InChI=1S/C22H22FN3/c23-20-10-8-18(9-11-20)21-22(25-13-12-24-21)19-7-4-14-26(16-19)15-17-5-2-1-3-6-17/h1-3,5-6,8-13,19H,4,7,14-16H2/t19-/m1/s1. The third-order valence-electron chi connectivity index (χ3n) is 4.99. The van der Waals surface area contributed by atoms with Crippen molar-refractivity contribution in [2.45, 2.75) is 25.3 Å². The molecule has 0 unspecified atom stereocenters. The van der Waals surface area contributed by atoms with E-state index in [1.54, 1.807) is 24.5 Å². The lowest BCUT2D eigenvalue weighted by Crippen LogP contribution is -2.34. The summed E-state index contributed by atoms with van der Waals surface area (Å²) in [4.78, 5) is 11.7. The highest BCUT2D eigenvalue weighted by Gasteiger charge is 2.25. The molecule has 0 radical (unpaired) electrons. The Balaban J connectivity index is 1.56. The molecular weight excluding hydrogens is 325 g/mol. The average Bonchev–Trinajstić information content (AvgIpc) is 2.70. The number of likely N-dealkylation sites (tertiary alicyclic amines) is 1. The van der Waals surface area contributed by atoms with Crippen molar-refractivity contribution >= 4 is 0 Å². The largest absolute Gasteiger partial charge is 0.298 e. The summed E-state index contributed by atoms with van der Waals surface area (Å²) >= 11 is 0. The van der Waals surface area contributed by atoms with Gasteiger partial charge in [0.25, 0.3) is 0 Å². The second kappa shape index (κ2) is 7.75. The SMILES string of the molecule is Fc1ccc(-c2nccnc2[C@@H]2CCCN(Cc3ccccc3)C2)cc1. The van der Waals surface area contributed by atoms with Crippen molar-refractivity contribution in [2.75, 3.05) is 13.1 Å². The van der Waals surface area contributed by atoms with Gasteiger partial charge >= 0.3 is 0 Å². The molecule has 1 fully saturated rings. The first-order valence-electron chi connectivity index (χ1n) is 9.13. The van der Waals surface area contributed by atoms with E-state index in [1.165, 1.54) is 17.7 Å². The van der Waals surface area contributed by atoms with Gasteiger partial charge in [-0.2, -0.15) is 0 Å². The lowest BCUT2D eigenvalue weighted by atomic mass is 9.91. The van der Waals surface area contributed by atoms with Crippen LogP contribution in [0.5, 0.6) is 0 Å². The summed E-state index contributed by atoms with van der Waals surface area (Å²) < 4.78 is 13.3. The van der Waals surface area contributed by atoms with Gasteiger partial charge in [-0.3, -0.25) is 14.9 Å². The molecule has 1 aliphatic rings. The summed E-state index contributed by atoms with van der Waals surface area (Å²) in [5.41, 5.74) is 4.16. The van der Waals surface area contributed by atoms with Crippen LogP contribution < -0.4 is 0 Å². The summed E-state index contributed by atoms with van der Waals surface area (Å²) in [6.45, 7) is 3.04. The summed E-state index contributed by atoms with van der Waals surface area (Å²) in [5.74, 6) is 0.118. The van der Waals surface area contributed by atoms with Crippen molar-refractivity contribution in [3.05, 3.63) is 84.1 Å². The fourth-order valence-electron chi connectivity index (χ4n) is 3.74. The number of piperidine rings is 1. The van der Waals surface area contributed by atoms with Crippen LogP contribution in [-0.2, 0) is 6.54 Å². The maximum absolute atomic E-state index is 13.3. The van der Waals surface area contributed by atoms with Crippen LogP contribution in [0.2, 0.25) is 0 Å². The molecule has 4 rings (SSSR count). The molecule has 132 valence electrons. The molecule has 1 atom stereocenters. The van der Waals surface area contributed by atoms with E-state index >= 15 is 0 Å². The minimum atomic E-state index is -0.231. The lowest BCUT2D eigenvalue weighted by molar-refractivity contribution is 0.198. The van der Waals surface area contributed by atoms with Crippen LogP contribution >= 0.6 is 0 Å². The van der Waals surface area contributed by atoms with Crippen LogP contribution in [0.15, 0.2) is 67.0 Å². The minimum Gasteiger partial charge on any atom is -0.298 e. The molecule has 0 saturated carbocycles. The molecule has 4 heteroatoms. The van der Waals surface area contributed by atoms with E-state index in [9.17, 15) is 4.39 Å². The fraction of sp³-hybridized carbons (Fsp3) is 0.273. The topological polar surface area (TPSA) is 29.0 Å². The van der Waals surface area contributed by atoms with Crippen molar-refractivity contribution < 1.29 is 4.39 Å². The van der Waals surface area contributed by atoms with Gasteiger partial charge in [0.15, 0.2) is 0 Å². The molecule has 26 heavy (non-hydrogen) atoms. The first kappa shape index (κ1) is 16.9. The van der Waals surface area contributed by atoms with Crippen LogP contribution in [-0.4, -0.2) is 28.0 Å². The smallest absolute Gasteiger partial charge is 0.123 e. The number of hydrogen-bond acceptors (Lipinski definition) is 3. The van der Waals surface area contributed by atoms with E-state index < -0.39 is 0 Å². The number of rotatable bonds is 4. The van der Waals surface area contributed by atoms with E-state index in [4.69, 9.17) is 0 Å². The second-order valence-electron chi connectivity index (χ2n) is 6.86. The van der Waals surface area contributed by atoms with Crippen LogP contribution in [0.25, 0.3) is 11.3 Å². The predicted octanol–water partition coefficient (Wildman–Crippen LogP) is 4.66. The van der Waals surface area contributed by atoms with E-state index in [2.05, 4.69) is 45.2 Å². The van der Waals surface area contributed by atoms with Crippen molar-refractivity contribution in [3.8, 4) is 11.3 Å². The van der Waals surface area contributed by atoms with Crippen LogP contribution in [0.3, 0.4) is 0 Å². The highest BCUT2D eigenvalue weighted by Crippen LogP contribution is 2.32. The number of benzene rings is 2. The molecule has 0 bridgehead atoms. The number of hydrogen-bond donors (Lipinski definition) is 0. The van der Waals surface area contributed by atoms with Gasteiger partial charge < -0.3 is 0 Å². The van der Waals surface area contributed by atoms with Crippen molar-refractivity contribution in [3.63, 3.8) is 0 Å². The van der Waals surface area contributed by atoms with Crippen molar-refractivity contribution in [1.82, 2.24) is 14.9 Å². The maximum atomic E-state index is 13.3. The molecule has 1 aromatic heterocycles. The summed E-state index contributed by atoms with van der Waals surface area (Å²) in [5, 5.41) is 0. The fourth-order valence-corrected chi connectivity index (χ4v) is 3.74. The molecule has 0 N–H and O–H groups in total. The highest BCUT2D eigenvalue weighted by molar-refractivity contribution is 5.62. The van der Waals surface area contributed by atoms with E-state index in [0.29, 0.717) is 5.92 Å². The van der Waals surface area contributed by atoms with Crippen LogP contribution in [0, 0.1) is 5.82 Å². The van der Waals surface area contributed by atoms with E-state index in [1.807, 2.05) is 0 Å². The zero-order valence-corrected chi connectivity index (χ0v) is 14.7. The summed E-state index contributed by atoms with van der Waals surface area (Å²) in [7, 11) is 0. The number of halogens is 1. The number of nitrogens with zero attached hydrogens (tertiary/aromatic N) is 3. The Labute approximate surface area is 153 Å². The van der Waals surface area contributed by atoms with Gasteiger partial charge in [-0.25, -0.2) is 4.39 Å². The third-order valence-corrected chi connectivity index (χ3v) is 4.99. The molecule has 2 heterocycles. The van der Waals surface area contributed by atoms with Gasteiger partial charge in [0, 0.05) is 37.0 Å². The van der Waals surface area contributed by atoms with Gasteiger partial charge in [-0.1, -0.05) is 30.3 Å². The third kappa shape index (κ3) is 3.81. The zero-order valence-electron chi connectivity index (χ0n) is 14.7. The van der Waals surface area contributed by atoms with Crippen LogP contribution in [0.1, 0.15) is 30.0 Å². The molecular formula is C22H22FN3. The van der Waals surface area contributed by atoms with Gasteiger partial charge in [0.1, 0.15) is 5.82 Å². The highest BCUT2D eigenvalue weighted by atomic mass is 19.1. The molecule has 0 amide bonds. The Morgan fingerprint density at radius 3 is 2.54 bits per heavy atom. The normalized spacial score (nSPS) is 18.0. The first-order valence-corrected chi connectivity index (χ1v) is 9.13. The molecule has 0 spiro atoms. The van der Waals surface area contributed by atoms with E-state index in [-0.39, 0.29) is 5.82 Å². The minimum absolute atomic E-state index is 0.231.